The highest BCUT2D eigenvalue weighted by Crippen LogP contribution is 2.32. The highest BCUT2D eigenvalue weighted by Gasteiger charge is 2.38. The van der Waals surface area contributed by atoms with Gasteiger partial charge < -0.3 is 15.5 Å². The van der Waals surface area contributed by atoms with E-state index in [1.54, 1.807) is 0 Å². The van der Waals surface area contributed by atoms with Crippen molar-refractivity contribution in [3.05, 3.63) is 0 Å². The van der Waals surface area contributed by atoms with Crippen LogP contribution in [-0.2, 0) is 0 Å². The van der Waals surface area contributed by atoms with E-state index < -0.39 is 0 Å². The molecule has 2 heterocycles. The normalized spacial score (nSPS) is 34.0. The monoisotopic (exact) mass is 294 g/mol. The lowest BCUT2D eigenvalue weighted by Gasteiger charge is -2.47. The lowest BCUT2D eigenvalue weighted by molar-refractivity contribution is 0.0254. The Morgan fingerprint density at radius 1 is 0.952 bits per heavy atom. The number of nitrogens with two attached hydrogens (primary N) is 1. The Bertz CT molecular complexity index is 323. The zero-order valence-corrected chi connectivity index (χ0v) is 13.9. The molecule has 0 aromatic heterocycles. The molecule has 0 bridgehead atoms. The van der Waals surface area contributed by atoms with E-state index >= 15 is 0 Å². The molecule has 0 aromatic carbocycles. The molecule has 3 rings (SSSR count). The fraction of sp³-hybridized carbons (Fsp3) is 1.00. The van der Waals surface area contributed by atoms with Crippen LogP contribution in [0.25, 0.3) is 0 Å². The van der Waals surface area contributed by atoms with Gasteiger partial charge in [0.1, 0.15) is 0 Å². The van der Waals surface area contributed by atoms with E-state index in [9.17, 15) is 0 Å². The van der Waals surface area contributed by atoms with Gasteiger partial charge in [0, 0.05) is 44.8 Å². The van der Waals surface area contributed by atoms with Crippen LogP contribution >= 0.6 is 0 Å². The second-order valence-corrected chi connectivity index (χ2v) is 7.45. The number of rotatable bonds is 5. The fourth-order valence-corrected chi connectivity index (χ4v) is 4.27. The van der Waals surface area contributed by atoms with Crippen LogP contribution in [0.4, 0.5) is 0 Å². The average Bonchev–Trinajstić information content (AvgIpc) is 3.34. The number of likely N-dealkylation sites (tertiary alicyclic amines) is 1. The van der Waals surface area contributed by atoms with Crippen molar-refractivity contribution >= 4 is 0 Å². The van der Waals surface area contributed by atoms with Crippen LogP contribution in [0.15, 0.2) is 0 Å². The van der Waals surface area contributed by atoms with E-state index in [2.05, 4.69) is 21.6 Å². The van der Waals surface area contributed by atoms with Gasteiger partial charge in [-0.05, 0) is 57.7 Å². The first-order valence-corrected chi connectivity index (χ1v) is 9.15. The molecule has 3 aliphatic rings. The van der Waals surface area contributed by atoms with Gasteiger partial charge in [0.2, 0.25) is 0 Å². The third kappa shape index (κ3) is 3.79. The highest BCUT2D eigenvalue weighted by molar-refractivity contribution is 4.96. The van der Waals surface area contributed by atoms with E-state index in [0.717, 1.165) is 12.5 Å². The van der Waals surface area contributed by atoms with Crippen molar-refractivity contribution < 1.29 is 0 Å². The summed E-state index contributed by atoms with van der Waals surface area (Å²) in [6.07, 6.45) is 6.82. The Kier molecular flexibility index (Phi) is 5.20. The molecule has 0 aromatic rings. The quantitative estimate of drug-likeness (QED) is 0.827. The highest BCUT2D eigenvalue weighted by atomic mass is 15.3. The summed E-state index contributed by atoms with van der Waals surface area (Å²) in [5.74, 6) is 1.02. The minimum Gasteiger partial charge on any atom is -0.329 e. The van der Waals surface area contributed by atoms with Crippen LogP contribution in [0.1, 0.15) is 39.0 Å². The lowest BCUT2D eigenvalue weighted by Crippen LogP contribution is -2.60. The number of nitrogens with zero attached hydrogens (tertiary/aromatic N) is 3. The summed E-state index contributed by atoms with van der Waals surface area (Å²) >= 11 is 0. The molecule has 122 valence electrons. The molecule has 1 unspecified atom stereocenters. The van der Waals surface area contributed by atoms with Gasteiger partial charge in [0.05, 0.1) is 0 Å². The van der Waals surface area contributed by atoms with Crippen LogP contribution in [0, 0.1) is 5.92 Å². The van der Waals surface area contributed by atoms with Crippen molar-refractivity contribution in [2.75, 3.05) is 58.9 Å². The Morgan fingerprint density at radius 2 is 1.71 bits per heavy atom. The smallest absolute Gasteiger partial charge is 0.0345 e. The molecule has 4 nitrogen and oxygen atoms in total. The number of piperazine rings is 1. The summed E-state index contributed by atoms with van der Waals surface area (Å²) in [5, 5.41) is 0. The molecular formula is C17H34N4. The van der Waals surface area contributed by atoms with Crippen molar-refractivity contribution in [3.8, 4) is 0 Å². The summed E-state index contributed by atoms with van der Waals surface area (Å²) in [4.78, 5) is 8.03. The first kappa shape index (κ1) is 15.7. The first-order chi connectivity index (χ1) is 10.3. The maximum atomic E-state index is 6.28. The van der Waals surface area contributed by atoms with Gasteiger partial charge in [-0.1, -0.05) is 6.92 Å². The average molecular weight is 294 g/mol. The molecule has 0 spiro atoms. The van der Waals surface area contributed by atoms with Gasteiger partial charge in [-0.2, -0.15) is 0 Å². The minimum absolute atomic E-state index is 0.287. The van der Waals surface area contributed by atoms with Crippen LogP contribution in [0.5, 0.6) is 0 Å². The molecular weight excluding hydrogens is 260 g/mol. The molecule has 0 amide bonds. The predicted octanol–water partition coefficient (Wildman–Crippen LogP) is 1.22. The zero-order chi connectivity index (χ0) is 14.7. The minimum atomic E-state index is 0.287. The fourth-order valence-electron chi connectivity index (χ4n) is 4.27. The van der Waals surface area contributed by atoms with Crippen LogP contribution in [-0.4, -0.2) is 79.1 Å². The maximum Gasteiger partial charge on any atom is 0.0345 e. The molecule has 21 heavy (non-hydrogen) atoms. The Hall–Kier alpha value is -0.160. The largest absolute Gasteiger partial charge is 0.329 e. The van der Waals surface area contributed by atoms with Crippen LogP contribution in [0.3, 0.4) is 0 Å². The van der Waals surface area contributed by atoms with Gasteiger partial charge in [-0.25, -0.2) is 0 Å². The summed E-state index contributed by atoms with van der Waals surface area (Å²) < 4.78 is 0. The zero-order valence-electron chi connectivity index (χ0n) is 13.9. The van der Waals surface area contributed by atoms with Crippen molar-refractivity contribution in [2.45, 2.75) is 44.6 Å². The first-order valence-electron chi connectivity index (χ1n) is 9.15. The summed E-state index contributed by atoms with van der Waals surface area (Å²) in [6.45, 7) is 13.1. The second-order valence-electron chi connectivity index (χ2n) is 7.45. The molecule has 0 radical (unpaired) electrons. The van der Waals surface area contributed by atoms with E-state index in [4.69, 9.17) is 5.73 Å². The van der Waals surface area contributed by atoms with Gasteiger partial charge in [0.25, 0.3) is 0 Å². The summed E-state index contributed by atoms with van der Waals surface area (Å²) in [5.41, 5.74) is 6.56. The number of hydrogen-bond donors (Lipinski definition) is 1. The molecule has 2 aliphatic heterocycles. The van der Waals surface area contributed by atoms with Crippen molar-refractivity contribution in [1.29, 1.82) is 0 Å². The molecule has 3 fully saturated rings. The Labute approximate surface area is 130 Å². The van der Waals surface area contributed by atoms with E-state index in [1.165, 1.54) is 84.5 Å². The third-order valence-corrected chi connectivity index (χ3v) is 6.09. The maximum absolute atomic E-state index is 6.28. The van der Waals surface area contributed by atoms with Gasteiger partial charge in [0.15, 0.2) is 0 Å². The SMILES string of the molecule is CCN1CCCC(CN)(N2CCN(CC3CC3)CC2)CC1. The second kappa shape index (κ2) is 6.95. The molecule has 1 atom stereocenters. The van der Waals surface area contributed by atoms with E-state index in [0.29, 0.717) is 0 Å². The molecule has 2 saturated heterocycles. The van der Waals surface area contributed by atoms with Gasteiger partial charge in [-0.15, -0.1) is 0 Å². The van der Waals surface area contributed by atoms with Crippen LogP contribution < -0.4 is 5.73 Å². The Balaban J connectivity index is 1.55. The van der Waals surface area contributed by atoms with E-state index in [-0.39, 0.29) is 5.54 Å². The third-order valence-electron chi connectivity index (χ3n) is 6.09. The van der Waals surface area contributed by atoms with Crippen molar-refractivity contribution in [1.82, 2.24) is 14.7 Å². The molecule has 1 saturated carbocycles. The van der Waals surface area contributed by atoms with E-state index in [1.807, 2.05) is 0 Å². The topological polar surface area (TPSA) is 35.7 Å². The molecule has 1 aliphatic carbocycles. The van der Waals surface area contributed by atoms with Gasteiger partial charge >= 0.3 is 0 Å². The molecule has 2 N–H and O–H groups in total. The summed E-state index contributed by atoms with van der Waals surface area (Å²) in [7, 11) is 0. The molecule has 4 heteroatoms. The van der Waals surface area contributed by atoms with Crippen molar-refractivity contribution in [3.63, 3.8) is 0 Å². The van der Waals surface area contributed by atoms with Crippen molar-refractivity contribution in [2.24, 2.45) is 11.7 Å². The summed E-state index contributed by atoms with van der Waals surface area (Å²) in [6, 6.07) is 0. The van der Waals surface area contributed by atoms with Gasteiger partial charge in [-0.3, -0.25) is 4.90 Å². The van der Waals surface area contributed by atoms with Crippen LogP contribution in [0.2, 0.25) is 0 Å². The predicted molar refractivity (Wildman–Crippen MR) is 88.5 cm³/mol. The Morgan fingerprint density at radius 3 is 2.33 bits per heavy atom. The lowest BCUT2D eigenvalue weighted by atomic mass is 9.87. The number of hydrogen-bond acceptors (Lipinski definition) is 4. The standard InChI is InChI=1S/C17H34N4/c1-2-19-8-3-6-17(15-18,7-9-19)21-12-10-20(11-13-21)14-16-4-5-16/h16H,2-15,18H2,1H3.